The fourth-order valence-electron chi connectivity index (χ4n) is 3.58. The van der Waals surface area contributed by atoms with E-state index < -0.39 is 23.6 Å². The molecule has 1 aliphatic heterocycles. The molecule has 3 aromatic rings. The van der Waals surface area contributed by atoms with E-state index in [1.807, 2.05) is 19.1 Å². The predicted octanol–water partition coefficient (Wildman–Crippen LogP) is 4.46. The van der Waals surface area contributed by atoms with Gasteiger partial charge in [-0.1, -0.05) is 29.8 Å². The van der Waals surface area contributed by atoms with Gasteiger partial charge in [0.05, 0.1) is 6.04 Å². The molecule has 6 heteroatoms. The number of fused-ring (bicyclic) bond motifs is 1. The average Bonchev–Trinajstić information content (AvgIpc) is 2.84. The Morgan fingerprint density at radius 3 is 2.24 bits per heavy atom. The summed E-state index contributed by atoms with van der Waals surface area (Å²) in [5.74, 6) is -1.59. The van der Waals surface area contributed by atoms with Crippen LogP contribution in [0.15, 0.2) is 66.7 Å². The second-order valence-electron chi connectivity index (χ2n) is 7.03. The quantitative estimate of drug-likeness (QED) is 0.700. The van der Waals surface area contributed by atoms with Crippen LogP contribution in [0.2, 0.25) is 0 Å². The van der Waals surface area contributed by atoms with Crippen LogP contribution in [-0.4, -0.2) is 23.3 Å². The van der Waals surface area contributed by atoms with Crippen molar-refractivity contribution in [3.63, 3.8) is 0 Å². The molecule has 4 rings (SSSR count). The molecule has 0 aromatic heterocycles. The van der Waals surface area contributed by atoms with E-state index in [0.717, 1.165) is 11.1 Å². The van der Waals surface area contributed by atoms with Crippen LogP contribution < -0.4 is 5.32 Å². The highest BCUT2D eigenvalue weighted by Gasteiger charge is 2.34. The Hall–Kier alpha value is -3.54. The van der Waals surface area contributed by atoms with Gasteiger partial charge in [0.2, 0.25) is 5.91 Å². The molecule has 0 fully saturated rings. The van der Waals surface area contributed by atoms with Crippen molar-refractivity contribution in [2.75, 3.05) is 11.9 Å². The third-order valence-electron chi connectivity index (χ3n) is 4.94. The number of amides is 2. The number of aryl methyl sites for hydroxylation is 1. The Bertz CT molecular complexity index is 1080. The minimum absolute atomic E-state index is 0.189. The van der Waals surface area contributed by atoms with E-state index in [9.17, 15) is 18.4 Å². The topological polar surface area (TPSA) is 49.4 Å². The number of rotatable bonds is 2. The fraction of sp³-hybridized carbons (Fsp3) is 0.130. The normalized spacial score (nSPS) is 16.0. The Morgan fingerprint density at radius 2 is 1.59 bits per heavy atom. The summed E-state index contributed by atoms with van der Waals surface area (Å²) in [6, 6.07) is 16.0. The van der Waals surface area contributed by atoms with Gasteiger partial charge < -0.3 is 10.2 Å². The molecular formula is C23H18F2N2O2. The molecule has 0 saturated carbocycles. The molecule has 1 aliphatic rings. The third kappa shape index (κ3) is 3.74. The summed E-state index contributed by atoms with van der Waals surface area (Å²) >= 11 is 0. The molecule has 0 spiro atoms. The molecule has 0 saturated heterocycles. The van der Waals surface area contributed by atoms with Crippen molar-refractivity contribution < 1.29 is 18.4 Å². The van der Waals surface area contributed by atoms with Crippen LogP contribution in [0.25, 0.3) is 0 Å². The highest BCUT2D eigenvalue weighted by molar-refractivity contribution is 6.01. The number of hydrogen-bond acceptors (Lipinski definition) is 2. The van der Waals surface area contributed by atoms with Gasteiger partial charge in [-0.05, 0) is 55.0 Å². The van der Waals surface area contributed by atoms with E-state index in [1.54, 1.807) is 18.2 Å². The van der Waals surface area contributed by atoms with E-state index in [1.165, 1.54) is 41.3 Å². The molecule has 4 nitrogen and oxygen atoms in total. The molecule has 2 amide bonds. The third-order valence-corrected chi connectivity index (χ3v) is 4.94. The Morgan fingerprint density at radius 1 is 0.966 bits per heavy atom. The first kappa shape index (κ1) is 18.8. The summed E-state index contributed by atoms with van der Waals surface area (Å²) in [5.41, 5.74) is 3.23. The summed E-state index contributed by atoms with van der Waals surface area (Å²) in [7, 11) is 0. The van der Waals surface area contributed by atoms with Gasteiger partial charge >= 0.3 is 0 Å². The van der Waals surface area contributed by atoms with Gasteiger partial charge in [0.25, 0.3) is 5.91 Å². The summed E-state index contributed by atoms with van der Waals surface area (Å²) in [6.07, 6.45) is 0. The Labute approximate surface area is 166 Å². The zero-order valence-corrected chi connectivity index (χ0v) is 15.7. The number of nitrogens with one attached hydrogen (secondary N) is 1. The van der Waals surface area contributed by atoms with Crippen molar-refractivity contribution in [2.45, 2.75) is 13.0 Å². The first-order valence-corrected chi connectivity index (χ1v) is 9.15. The summed E-state index contributed by atoms with van der Waals surface area (Å²) in [4.78, 5) is 27.3. The smallest absolute Gasteiger partial charge is 0.255 e. The van der Waals surface area contributed by atoms with Crippen molar-refractivity contribution in [1.82, 2.24) is 4.90 Å². The van der Waals surface area contributed by atoms with Crippen LogP contribution in [-0.2, 0) is 4.79 Å². The number of hydrogen-bond donors (Lipinski definition) is 1. The molecule has 29 heavy (non-hydrogen) atoms. The van der Waals surface area contributed by atoms with Gasteiger partial charge in [0.15, 0.2) is 0 Å². The predicted molar refractivity (Wildman–Crippen MR) is 105 cm³/mol. The van der Waals surface area contributed by atoms with E-state index in [4.69, 9.17) is 0 Å². The van der Waals surface area contributed by atoms with Gasteiger partial charge in [0, 0.05) is 16.8 Å². The molecule has 0 bridgehead atoms. The average molecular weight is 392 g/mol. The first-order valence-electron chi connectivity index (χ1n) is 9.15. The van der Waals surface area contributed by atoms with Crippen molar-refractivity contribution in [2.24, 2.45) is 0 Å². The molecule has 3 aromatic carbocycles. The summed E-state index contributed by atoms with van der Waals surface area (Å²) in [5, 5.41) is 2.84. The lowest BCUT2D eigenvalue weighted by Gasteiger charge is -2.31. The zero-order valence-electron chi connectivity index (χ0n) is 15.7. The maximum Gasteiger partial charge on any atom is 0.255 e. The van der Waals surface area contributed by atoms with Gasteiger partial charge in [-0.25, -0.2) is 8.78 Å². The largest absolute Gasteiger partial charge is 0.324 e. The zero-order chi connectivity index (χ0) is 20.5. The van der Waals surface area contributed by atoms with Gasteiger partial charge in [-0.2, -0.15) is 0 Å². The van der Waals surface area contributed by atoms with Crippen LogP contribution in [0.5, 0.6) is 0 Å². The molecule has 0 radical (unpaired) electrons. The van der Waals surface area contributed by atoms with Crippen LogP contribution >= 0.6 is 0 Å². The lowest BCUT2D eigenvalue weighted by molar-refractivity contribution is -0.117. The number of benzene rings is 3. The molecule has 0 aliphatic carbocycles. The van der Waals surface area contributed by atoms with E-state index in [2.05, 4.69) is 5.32 Å². The molecular weight excluding hydrogens is 374 g/mol. The Kier molecular flexibility index (Phi) is 4.84. The lowest BCUT2D eigenvalue weighted by Crippen LogP contribution is -2.39. The molecule has 1 atom stereocenters. The number of carbonyl (C=O) groups excluding carboxylic acids is 2. The SMILES string of the molecule is Cc1ccc2c(c1)[C@@H](c1ccc(F)cc1)N(C(=O)c1ccc(F)cc1)CC(=O)N2. The minimum atomic E-state index is -0.609. The van der Waals surface area contributed by atoms with Crippen LogP contribution in [0.4, 0.5) is 14.5 Å². The minimum Gasteiger partial charge on any atom is -0.324 e. The second-order valence-corrected chi connectivity index (χ2v) is 7.03. The number of halogens is 2. The van der Waals surface area contributed by atoms with E-state index in [-0.39, 0.29) is 18.0 Å². The highest BCUT2D eigenvalue weighted by Crippen LogP contribution is 2.37. The highest BCUT2D eigenvalue weighted by atomic mass is 19.1. The van der Waals surface area contributed by atoms with E-state index in [0.29, 0.717) is 11.3 Å². The second kappa shape index (κ2) is 7.47. The van der Waals surface area contributed by atoms with E-state index >= 15 is 0 Å². The first-order chi connectivity index (χ1) is 13.9. The maximum atomic E-state index is 13.5. The van der Waals surface area contributed by atoms with Gasteiger partial charge in [-0.3, -0.25) is 9.59 Å². The number of carbonyl (C=O) groups is 2. The van der Waals surface area contributed by atoms with Crippen molar-refractivity contribution in [1.29, 1.82) is 0 Å². The summed E-state index contributed by atoms with van der Waals surface area (Å²) < 4.78 is 26.8. The number of anilines is 1. The lowest BCUT2D eigenvalue weighted by atomic mass is 9.94. The van der Waals surface area contributed by atoms with Crippen molar-refractivity contribution >= 4 is 17.5 Å². The standard InChI is InChI=1S/C23H18F2N2O2/c1-14-2-11-20-19(12-14)22(15-3-7-17(24)8-4-15)27(13-21(28)26-20)23(29)16-5-9-18(25)10-6-16/h2-12,22H,13H2,1H3,(H,26,28)/t22-/m1/s1. The van der Waals surface area contributed by atoms with Crippen molar-refractivity contribution in [3.8, 4) is 0 Å². The fourth-order valence-corrected chi connectivity index (χ4v) is 3.58. The summed E-state index contributed by atoms with van der Waals surface area (Å²) in [6.45, 7) is 1.73. The molecule has 146 valence electrons. The monoisotopic (exact) mass is 392 g/mol. The molecule has 1 heterocycles. The van der Waals surface area contributed by atoms with Gasteiger partial charge in [0.1, 0.15) is 18.2 Å². The van der Waals surface area contributed by atoms with Crippen LogP contribution in [0, 0.1) is 18.6 Å². The molecule has 0 unspecified atom stereocenters. The van der Waals surface area contributed by atoms with Crippen LogP contribution in [0.3, 0.4) is 0 Å². The molecule has 1 N–H and O–H groups in total. The maximum absolute atomic E-state index is 13.5. The van der Waals surface area contributed by atoms with Crippen LogP contribution in [0.1, 0.15) is 33.1 Å². The number of nitrogens with zero attached hydrogens (tertiary/aromatic N) is 1. The Balaban J connectivity index is 1.88. The van der Waals surface area contributed by atoms with Gasteiger partial charge in [-0.15, -0.1) is 0 Å². The van der Waals surface area contributed by atoms with Crippen molar-refractivity contribution in [3.05, 3.63) is 101 Å².